The number of hydrazone groups is 1. The van der Waals surface area contributed by atoms with Crippen molar-refractivity contribution in [3.05, 3.63) is 71.3 Å². The third-order valence-corrected chi connectivity index (χ3v) is 5.65. The number of benzene rings is 2. The second-order valence-corrected chi connectivity index (χ2v) is 8.43. The maximum atomic E-state index is 13.1. The summed E-state index contributed by atoms with van der Waals surface area (Å²) in [6.07, 6.45) is 3.35. The Bertz CT molecular complexity index is 1060. The molecule has 6 N–H and O–H groups in total. The molecule has 0 aliphatic heterocycles. The molecule has 36 heavy (non-hydrogen) atoms. The molecule has 10 nitrogen and oxygen atoms in total. The SMILES string of the molecule is NN=Cc1ccc(CCCCCC(=O)N(C(=O)[C@@H](N)CC(=O)O)[C@@H](Cc2ccccc2)C(=O)O)cc1. The van der Waals surface area contributed by atoms with Gasteiger partial charge in [-0.1, -0.05) is 61.0 Å². The van der Waals surface area contributed by atoms with Crippen LogP contribution in [0.5, 0.6) is 0 Å². The molecule has 0 heterocycles. The molecular formula is C26H32N4O6. The Morgan fingerprint density at radius 3 is 2.17 bits per heavy atom. The van der Waals surface area contributed by atoms with Gasteiger partial charge in [0, 0.05) is 12.8 Å². The van der Waals surface area contributed by atoms with Crippen LogP contribution in [-0.2, 0) is 32.0 Å². The van der Waals surface area contributed by atoms with Gasteiger partial charge in [0.1, 0.15) is 6.04 Å². The molecule has 0 aliphatic carbocycles. The van der Waals surface area contributed by atoms with E-state index in [1.807, 2.05) is 24.3 Å². The van der Waals surface area contributed by atoms with E-state index in [4.69, 9.17) is 16.7 Å². The first-order valence-electron chi connectivity index (χ1n) is 11.6. The monoisotopic (exact) mass is 496 g/mol. The van der Waals surface area contributed by atoms with E-state index in [1.165, 1.54) is 0 Å². The fraction of sp³-hybridized carbons (Fsp3) is 0.346. The molecule has 10 heteroatoms. The molecule has 192 valence electrons. The normalized spacial score (nSPS) is 12.7. The van der Waals surface area contributed by atoms with Crippen LogP contribution in [0.3, 0.4) is 0 Å². The quantitative estimate of drug-likeness (QED) is 0.133. The van der Waals surface area contributed by atoms with Crippen molar-refractivity contribution in [3.8, 4) is 0 Å². The van der Waals surface area contributed by atoms with E-state index >= 15 is 0 Å². The second-order valence-electron chi connectivity index (χ2n) is 8.43. The predicted octanol–water partition coefficient (Wildman–Crippen LogP) is 1.94. The molecule has 0 saturated carbocycles. The summed E-state index contributed by atoms with van der Waals surface area (Å²) in [5.41, 5.74) is 8.34. The average molecular weight is 497 g/mol. The number of hydrogen-bond acceptors (Lipinski definition) is 7. The Morgan fingerprint density at radius 1 is 0.917 bits per heavy atom. The molecule has 0 saturated heterocycles. The van der Waals surface area contributed by atoms with Gasteiger partial charge in [-0.3, -0.25) is 19.3 Å². The molecule has 0 bridgehead atoms. The lowest BCUT2D eigenvalue weighted by molar-refractivity contribution is -0.159. The molecule has 0 radical (unpaired) electrons. The van der Waals surface area contributed by atoms with Gasteiger partial charge in [-0.05, 0) is 36.0 Å². The molecule has 0 aliphatic rings. The Kier molecular flexibility index (Phi) is 11.3. The molecular weight excluding hydrogens is 464 g/mol. The Balaban J connectivity index is 2.04. The highest BCUT2D eigenvalue weighted by Gasteiger charge is 2.37. The van der Waals surface area contributed by atoms with Crippen LogP contribution < -0.4 is 11.6 Å². The molecule has 2 aromatic carbocycles. The van der Waals surface area contributed by atoms with E-state index in [9.17, 15) is 24.3 Å². The van der Waals surface area contributed by atoms with Gasteiger partial charge in [-0.25, -0.2) is 4.79 Å². The molecule has 2 rings (SSSR count). The van der Waals surface area contributed by atoms with Gasteiger partial charge in [-0.2, -0.15) is 5.10 Å². The van der Waals surface area contributed by atoms with E-state index < -0.39 is 42.3 Å². The minimum Gasteiger partial charge on any atom is -0.481 e. The van der Waals surface area contributed by atoms with Crippen LogP contribution in [0.25, 0.3) is 0 Å². The summed E-state index contributed by atoms with van der Waals surface area (Å²) in [7, 11) is 0. The molecule has 0 aromatic heterocycles. The van der Waals surface area contributed by atoms with Gasteiger partial charge in [0.15, 0.2) is 0 Å². The number of nitrogens with zero attached hydrogens (tertiary/aromatic N) is 2. The molecule has 2 atom stereocenters. The van der Waals surface area contributed by atoms with Crippen LogP contribution in [0, 0.1) is 0 Å². The highest BCUT2D eigenvalue weighted by molar-refractivity contribution is 6.02. The average Bonchev–Trinajstić information content (AvgIpc) is 2.84. The third kappa shape index (κ3) is 8.95. The fourth-order valence-corrected chi connectivity index (χ4v) is 3.79. The van der Waals surface area contributed by atoms with Crippen molar-refractivity contribution < 1.29 is 29.4 Å². The van der Waals surface area contributed by atoms with Crippen molar-refractivity contribution in [3.63, 3.8) is 0 Å². The molecule has 0 unspecified atom stereocenters. The Morgan fingerprint density at radius 2 is 1.58 bits per heavy atom. The van der Waals surface area contributed by atoms with E-state index in [0.717, 1.165) is 24.0 Å². The van der Waals surface area contributed by atoms with Crippen molar-refractivity contribution >= 4 is 30.0 Å². The largest absolute Gasteiger partial charge is 0.481 e. The smallest absolute Gasteiger partial charge is 0.327 e. The van der Waals surface area contributed by atoms with E-state index in [1.54, 1.807) is 36.5 Å². The van der Waals surface area contributed by atoms with Gasteiger partial charge in [0.25, 0.3) is 0 Å². The number of aryl methyl sites for hydroxylation is 1. The van der Waals surface area contributed by atoms with Crippen LogP contribution in [-0.4, -0.2) is 57.2 Å². The molecule has 2 aromatic rings. The summed E-state index contributed by atoms with van der Waals surface area (Å²) in [5, 5.41) is 22.3. The topological polar surface area (TPSA) is 176 Å². The summed E-state index contributed by atoms with van der Waals surface area (Å²) in [5.74, 6) is 0.759. The summed E-state index contributed by atoms with van der Waals surface area (Å²) < 4.78 is 0. The van der Waals surface area contributed by atoms with Crippen LogP contribution in [0.1, 0.15) is 48.8 Å². The third-order valence-electron chi connectivity index (χ3n) is 5.65. The summed E-state index contributed by atoms with van der Waals surface area (Å²) in [6, 6.07) is 13.3. The summed E-state index contributed by atoms with van der Waals surface area (Å²) in [6.45, 7) is 0. The number of unbranched alkanes of at least 4 members (excludes halogenated alkanes) is 2. The van der Waals surface area contributed by atoms with E-state index in [-0.39, 0.29) is 12.8 Å². The lowest BCUT2D eigenvalue weighted by Gasteiger charge is -2.29. The zero-order valence-electron chi connectivity index (χ0n) is 20.0. The number of carboxylic acid groups (broad SMARTS) is 2. The van der Waals surface area contributed by atoms with Gasteiger partial charge < -0.3 is 21.8 Å². The number of carbonyl (C=O) groups is 4. The van der Waals surface area contributed by atoms with E-state index in [2.05, 4.69) is 5.10 Å². The Hall–Kier alpha value is -4.05. The fourth-order valence-electron chi connectivity index (χ4n) is 3.79. The maximum absolute atomic E-state index is 13.1. The lowest BCUT2D eigenvalue weighted by Crippen LogP contribution is -2.55. The van der Waals surface area contributed by atoms with Crippen molar-refractivity contribution in [2.45, 2.75) is 57.0 Å². The first-order chi connectivity index (χ1) is 17.2. The molecule has 0 spiro atoms. The minimum absolute atomic E-state index is 0.0595. The number of rotatable bonds is 14. The highest BCUT2D eigenvalue weighted by atomic mass is 16.4. The first kappa shape index (κ1) is 28.2. The summed E-state index contributed by atoms with van der Waals surface area (Å²) in [4.78, 5) is 49.8. The first-order valence-corrected chi connectivity index (χ1v) is 11.6. The summed E-state index contributed by atoms with van der Waals surface area (Å²) >= 11 is 0. The predicted molar refractivity (Wildman–Crippen MR) is 134 cm³/mol. The van der Waals surface area contributed by atoms with Crippen molar-refractivity contribution in [2.24, 2.45) is 16.7 Å². The van der Waals surface area contributed by atoms with Crippen molar-refractivity contribution in [1.82, 2.24) is 4.90 Å². The zero-order chi connectivity index (χ0) is 26.5. The minimum atomic E-state index is -1.53. The number of nitrogens with two attached hydrogens (primary N) is 2. The number of aliphatic carboxylic acids is 2. The second kappa shape index (κ2) is 14.4. The van der Waals surface area contributed by atoms with E-state index in [0.29, 0.717) is 23.3 Å². The van der Waals surface area contributed by atoms with Crippen LogP contribution in [0.2, 0.25) is 0 Å². The number of hydrogen-bond donors (Lipinski definition) is 4. The van der Waals surface area contributed by atoms with Gasteiger partial charge in [0.2, 0.25) is 11.8 Å². The van der Waals surface area contributed by atoms with Crippen LogP contribution in [0.4, 0.5) is 0 Å². The van der Waals surface area contributed by atoms with Gasteiger partial charge >= 0.3 is 11.9 Å². The number of amides is 2. The van der Waals surface area contributed by atoms with Crippen LogP contribution >= 0.6 is 0 Å². The number of carboxylic acids is 2. The standard InChI is InChI=1S/C26H32N4O6/c27-21(16-24(32)33)25(34)30(22(26(35)36)15-19-8-4-1-5-9-19)23(31)10-6-2-3-7-18-11-13-20(14-12-18)17-29-28/h1,4-5,8-9,11-14,17,21-22H,2-3,6-7,10,15-16,27-28H2,(H,32,33)(H,35,36)/t21-,22-/m0/s1. The molecule has 2 amide bonds. The maximum Gasteiger partial charge on any atom is 0.327 e. The van der Waals surface area contributed by atoms with Crippen molar-refractivity contribution in [2.75, 3.05) is 0 Å². The lowest BCUT2D eigenvalue weighted by atomic mass is 10.0. The number of imide groups is 1. The zero-order valence-corrected chi connectivity index (χ0v) is 20.0. The molecule has 0 fully saturated rings. The Labute approximate surface area is 209 Å². The number of carbonyl (C=O) groups excluding carboxylic acids is 2. The van der Waals surface area contributed by atoms with Gasteiger partial charge in [0.05, 0.1) is 18.7 Å². The highest BCUT2D eigenvalue weighted by Crippen LogP contribution is 2.16. The van der Waals surface area contributed by atoms with Gasteiger partial charge in [-0.15, -0.1) is 0 Å². The van der Waals surface area contributed by atoms with Crippen LogP contribution in [0.15, 0.2) is 59.7 Å². The van der Waals surface area contributed by atoms with Crippen molar-refractivity contribution in [1.29, 1.82) is 0 Å².